The molecule has 0 bridgehead atoms. The largest absolute Gasteiger partial charge is 0.496 e. The van der Waals surface area contributed by atoms with Crippen LogP contribution in [0.25, 0.3) is 21.7 Å². The molecule has 0 N–H and O–H groups in total. The van der Waals surface area contributed by atoms with Gasteiger partial charge in [-0.05, 0) is 35.0 Å². The smallest absolute Gasteiger partial charge is 0.336 e. The summed E-state index contributed by atoms with van der Waals surface area (Å²) in [5.74, 6) is 0.107. The molecule has 0 aliphatic carbocycles. The molecule has 6 heteroatoms. The molecule has 0 fully saturated rings. The standard InChI is InChI=1S/C23H17ClO5/c1-27-19-9-7-17(24)10-15(19)11-21(25)28-13-16-12-22(26)29-20-8-6-14-4-2-3-5-18(14)23(16)20/h2-10,12H,11,13H2,1H3. The number of halogens is 1. The lowest BCUT2D eigenvalue weighted by Crippen LogP contribution is -2.10. The minimum atomic E-state index is -0.490. The summed E-state index contributed by atoms with van der Waals surface area (Å²) in [4.78, 5) is 24.4. The predicted octanol–water partition coefficient (Wildman–Crippen LogP) is 4.89. The Morgan fingerprint density at radius 2 is 1.86 bits per heavy atom. The molecule has 0 radical (unpaired) electrons. The van der Waals surface area contributed by atoms with E-state index in [1.54, 1.807) is 24.3 Å². The monoisotopic (exact) mass is 408 g/mol. The molecule has 0 atom stereocenters. The Kier molecular flexibility index (Phi) is 5.23. The Morgan fingerprint density at radius 3 is 2.69 bits per heavy atom. The Labute approximate surface area is 171 Å². The normalized spacial score (nSPS) is 11.0. The third kappa shape index (κ3) is 3.96. The number of benzene rings is 3. The molecule has 5 nitrogen and oxygen atoms in total. The number of ether oxygens (including phenoxy) is 2. The number of rotatable bonds is 5. The highest BCUT2D eigenvalue weighted by molar-refractivity contribution is 6.30. The zero-order valence-electron chi connectivity index (χ0n) is 15.6. The van der Waals surface area contributed by atoms with Crippen molar-refractivity contribution in [3.63, 3.8) is 0 Å². The van der Waals surface area contributed by atoms with E-state index in [0.717, 1.165) is 16.2 Å². The average molecular weight is 409 g/mol. The van der Waals surface area contributed by atoms with E-state index < -0.39 is 11.6 Å². The lowest BCUT2D eigenvalue weighted by atomic mass is 10.0. The fourth-order valence-electron chi connectivity index (χ4n) is 3.38. The van der Waals surface area contributed by atoms with E-state index in [1.165, 1.54) is 13.2 Å². The quantitative estimate of drug-likeness (QED) is 0.267. The molecule has 0 saturated carbocycles. The van der Waals surface area contributed by atoms with Crippen LogP contribution < -0.4 is 10.4 Å². The van der Waals surface area contributed by atoms with Gasteiger partial charge in [-0.3, -0.25) is 4.79 Å². The van der Waals surface area contributed by atoms with Crippen LogP contribution in [0.2, 0.25) is 5.02 Å². The van der Waals surface area contributed by atoms with E-state index in [1.807, 2.05) is 30.3 Å². The maximum Gasteiger partial charge on any atom is 0.336 e. The van der Waals surface area contributed by atoms with Gasteiger partial charge in [0.1, 0.15) is 17.9 Å². The van der Waals surface area contributed by atoms with E-state index in [-0.39, 0.29) is 13.0 Å². The predicted molar refractivity (Wildman–Crippen MR) is 111 cm³/mol. The highest BCUT2D eigenvalue weighted by Gasteiger charge is 2.14. The Hall–Kier alpha value is -3.31. The summed E-state index contributed by atoms with van der Waals surface area (Å²) in [6.07, 6.45) is 0.00382. The van der Waals surface area contributed by atoms with Gasteiger partial charge in [0, 0.05) is 27.6 Å². The summed E-state index contributed by atoms with van der Waals surface area (Å²) in [6.45, 7) is -0.0438. The Bertz CT molecular complexity index is 1280. The number of carbonyl (C=O) groups excluding carboxylic acids is 1. The van der Waals surface area contributed by atoms with Gasteiger partial charge in [-0.2, -0.15) is 0 Å². The van der Waals surface area contributed by atoms with Gasteiger partial charge < -0.3 is 13.9 Å². The van der Waals surface area contributed by atoms with Gasteiger partial charge in [0.2, 0.25) is 0 Å². The first-order valence-corrected chi connectivity index (χ1v) is 9.35. The second kappa shape index (κ2) is 7.97. The molecule has 0 unspecified atom stereocenters. The van der Waals surface area contributed by atoms with Crippen molar-refractivity contribution in [2.45, 2.75) is 13.0 Å². The third-order valence-electron chi connectivity index (χ3n) is 4.68. The SMILES string of the molecule is COc1ccc(Cl)cc1CC(=O)OCc1cc(=O)oc2ccc3ccccc3c12. The van der Waals surface area contributed by atoms with E-state index >= 15 is 0 Å². The van der Waals surface area contributed by atoms with Crippen molar-refractivity contribution in [3.05, 3.63) is 87.2 Å². The maximum absolute atomic E-state index is 12.4. The fraction of sp³-hybridized carbons (Fsp3) is 0.130. The second-order valence-electron chi connectivity index (χ2n) is 6.54. The third-order valence-corrected chi connectivity index (χ3v) is 4.92. The number of esters is 1. The highest BCUT2D eigenvalue weighted by Crippen LogP contribution is 2.28. The van der Waals surface area contributed by atoms with Gasteiger partial charge >= 0.3 is 11.6 Å². The van der Waals surface area contributed by atoms with E-state index in [0.29, 0.717) is 27.5 Å². The molecular formula is C23H17ClO5. The van der Waals surface area contributed by atoms with Crippen LogP contribution in [0.1, 0.15) is 11.1 Å². The zero-order chi connectivity index (χ0) is 20.4. The van der Waals surface area contributed by atoms with Crippen LogP contribution in [0.4, 0.5) is 0 Å². The molecule has 4 aromatic rings. The number of fused-ring (bicyclic) bond motifs is 3. The molecule has 1 aromatic heterocycles. The Balaban J connectivity index is 1.63. The van der Waals surface area contributed by atoms with Crippen LogP contribution in [0.3, 0.4) is 0 Å². The van der Waals surface area contributed by atoms with E-state index in [2.05, 4.69) is 0 Å². The van der Waals surface area contributed by atoms with Gasteiger partial charge in [0.05, 0.1) is 13.5 Å². The van der Waals surface area contributed by atoms with Crippen LogP contribution in [0.5, 0.6) is 5.75 Å². The number of hydrogen-bond acceptors (Lipinski definition) is 5. The molecule has 0 amide bonds. The van der Waals surface area contributed by atoms with Crippen molar-refractivity contribution in [2.75, 3.05) is 7.11 Å². The lowest BCUT2D eigenvalue weighted by molar-refractivity contribution is -0.144. The first-order valence-electron chi connectivity index (χ1n) is 8.97. The summed E-state index contributed by atoms with van der Waals surface area (Å²) in [7, 11) is 1.53. The van der Waals surface area contributed by atoms with Gasteiger partial charge in [-0.15, -0.1) is 0 Å². The number of hydrogen-bond donors (Lipinski definition) is 0. The van der Waals surface area contributed by atoms with Crippen LogP contribution in [-0.4, -0.2) is 13.1 Å². The van der Waals surface area contributed by atoms with Crippen molar-refractivity contribution in [1.29, 1.82) is 0 Å². The molecule has 1 heterocycles. The summed E-state index contributed by atoms with van der Waals surface area (Å²) < 4.78 is 16.1. The summed E-state index contributed by atoms with van der Waals surface area (Å²) in [6, 6.07) is 17.8. The summed E-state index contributed by atoms with van der Waals surface area (Å²) in [5.41, 5.74) is 1.20. The molecular weight excluding hydrogens is 392 g/mol. The molecule has 146 valence electrons. The maximum atomic E-state index is 12.4. The lowest BCUT2D eigenvalue weighted by Gasteiger charge is -2.11. The zero-order valence-corrected chi connectivity index (χ0v) is 16.4. The molecule has 3 aromatic carbocycles. The molecule has 4 rings (SSSR count). The minimum Gasteiger partial charge on any atom is -0.496 e. The van der Waals surface area contributed by atoms with Crippen LogP contribution in [0, 0.1) is 0 Å². The minimum absolute atomic E-state index is 0.00382. The molecule has 0 saturated heterocycles. The second-order valence-corrected chi connectivity index (χ2v) is 6.98. The van der Waals surface area contributed by atoms with Crippen LogP contribution in [-0.2, 0) is 22.6 Å². The Morgan fingerprint density at radius 1 is 1.03 bits per heavy atom. The van der Waals surface area contributed by atoms with Crippen LogP contribution in [0.15, 0.2) is 69.9 Å². The number of carbonyl (C=O) groups is 1. The van der Waals surface area contributed by atoms with Gasteiger partial charge in [-0.25, -0.2) is 4.79 Å². The first kappa shape index (κ1) is 19.0. The first-order chi connectivity index (χ1) is 14.0. The van der Waals surface area contributed by atoms with Crippen molar-refractivity contribution in [1.82, 2.24) is 0 Å². The van der Waals surface area contributed by atoms with Crippen molar-refractivity contribution in [2.24, 2.45) is 0 Å². The van der Waals surface area contributed by atoms with E-state index in [4.69, 9.17) is 25.5 Å². The number of methoxy groups -OCH3 is 1. The molecule has 0 aliphatic rings. The molecule has 0 spiro atoms. The van der Waals surface area contributed by atoms with Gasteiger partial charge in [0.15, 0.2) is 0 Å². The summed E-state index contributed by atoms with van der Waals surface area (Å²) in [5, 5.41) is 3.20. The van der Waals surface area contributed by atoms with Crippen LogP contribution >= 0.6 is 11.6 Å². The van der Waals surface area contributed by atoms with Gasteiger partial charge in [0.25, 0.3) is 0 Å². The fourth-order valence-corrected chi connectivity index (χ4v) is 3.58. The van der Waals surface area contributed by atoms with E-state index in [9.17, 15) is 9.59 Å². The topological polar surface area (TPSA) is 65.7 Å². The van der Waals surface area contributed by atoms with Crippen molar-refractivity contribution >= 4 is 39.3 Å². The van der Waals surface area contributed by atoms with Crippen molar-refractivity contribution < 1.29 is 18.7 Å². The molecule has 29 heavy (non-hydrogen) atoms. The average Bonchev–Trinajstić information content (AvgIpc) is 2.71. The summed E-state index contributed by atoms with van der Waals surface area (Å²) >= 11 is 6.02. The highest BCUT2D eigenvalue weighted by atomic mass is 35.5. The van der Waals surface area contributed by atoms with Gasteiger partial charge in [-0.1, -0.05) is 41.9 Å². The molecule has 0 aliphatic heterocycles. The van der Waals surface area contributed by atoms with Crippen molar-refractivity contribution in [3.8, 4) is 5.75 Å².